The number of carbonyl (C=O) groups is 2. The summed E-state index contributed by atoms with van der Waals surface area (Å²) >= 11 is 0. The van der Waals surface area contributed by atoms with Crippen molar-refractivity contribution in [2.45, 2.75) is 123 Å². The Morgan fingerprint density at radius 2 is 1.59 bits per heavy atom. The van der Waals surface area contributed by atoms with Crippen molar-refractivity contribution in [2.75, 3.05) is 0 Å². The van der Waals surface area contributed by atoms with Crippen molar-refractivity contribution >= 4 is 11.9 Å². The van der Waals surface area contributed by atoms with Crippen LogP contribution < -0.4 is 0 Å². The zero-order chi connectivity index (χ0) is 30.5. The number of alkyl halides is 6. The van der Waals surface area contributed by atoms with E-state index in [2.05, 4.69) is 19.9 Å². The fourth-order valence-corrected chi connectivity index (χ4v) is 9.69. The molecular weight excluding hydrogens is 550 g/mol. The monoisotopic (exact) mass is 594 g/mol. The van der Waals surface area contributed by atoms with Crippen molar-refractivity contribution in [3.05, 3.63) is 11.6 Å². The minimum Gasteiger partial charge on any atom is -0.462 e. The van der Waals surface area contributed by atoms with Crippen molar-refractivity contribution in [1.29, 1.82) is 0 Å². The van der Waals surface area contributed by atoms with Crippen molar-refractivity contribution in [1.82, 2.24) is 0 Å². The first-order chi connectivity index (χ1) is 18.9. The van der Waals surface area contributed by atoms with Gasteiger partial charge < -0.3 is 9.47 Å². The molecule has 4 aliphatic carbocycles. The lowest BCUT2D eigenvalue weighted by atomic mass is 9.46. The van der Waals surface area contributed by atoms with Crippen LogP contribution in [-0.4, -0.2) is 36.5 Å². The molecule has 0 spiro atoms. The molecule has 234 valence electrons. The van der Waals surface area contributed by atoms with Crippen LogP contribution in [0.15, 0.2) is 11.6 Å². The van der Waals surface area contributed by atoms with Gasteiger partial charge in [0.05, 0.1) is 0 Å². The molecule has 9 atom stereocenters. The Labute approximate surface area is 239 Å². The van der Waals surface area contributed by atoms with Gasteiger partial charge in [-0.25, -0.2) is 0 Å². The third-order valence-electron chi connectivity index (χ3n) is 11.5. The molecule has 4 aliphatic rings. The predicted molar refractivity (Wildman–Crippen MR) is 140 cm³/mol. The molecule has 3 fully saturated rings. The maximum Gasteiger partial charge on any atom is 0.400 e. The molecule has 4 nitrogen and oxygen atoms in total. The van der Waals surface area contributed by atoms with Gasteiger partial charge in [0.1, 0.15) is 12.2 Å². The Morgan fingerprint density at radius 1 is 0.951 bits per heavy atom. The summed E-state index contributed by atoms with van der Waals surface area (Å²) in [6.07, 6.45) is -4.07. The second-order valence-electron chi connectivity index (χ2n) is 13.7. The lowest BCUT2D eigenvalue weighted by molar-refractivity contribution is -0.286. The van der Waals surface area contributed by atoms with E-state index in [9.17, 15) is 35.9 Å². The Morgan fingerprint density at radius 3 is 2.17 bits per heavy atom. The van der Waals surface area contributed by atoms with E-state index in [1.54, 1.807) is 0 Å². The molecule has 0 unspecified atom stereocenters. The van der Waals surface area contributed by atoms with Crippen LogP contribution in [0.3, 0.4) is 0 Å². The van der Waals surface area contributed by atoms with Crippen LogP contribution in [0.4, 0.5) is 26.3 Å². The number of halogens is 6. The van der Waals surface area contributed by atoms with Gasteiger partial charge in [-0.3, -0.25) is 9.59 Å². The second-order valence-corrected chi connectivity index (χ2v) is 13.7. The smallest absolute Gasteiger partial charge is 0.400 e. The molecule has 0 aromatic heterocycles. The molecule has 3 saturated carbocycles. The van der Waals surface area contributed by atoms with E-state index >= 15 is 0 Å². The third-order valence-corrected chi connectivity index (χ3v) is 11.5. The number of hydrogen-bond acceptors (Lipinski definition) is 4. The number of esters is 2. The summed E-state index contributed by atoms with van der Waals surface area (Å²) < 4.78 is 89.6. The average Bonchev–Trinajstić information content (AvgIpc) is 3.17. The summed E-state index contributed by atoms with van der Waals surface area (Å²) in [7, 11) is 0. The minimum absolute atomic E-state index is 0.0295. The molecule has 0 aliphatic heterocycles. The lowest BCUT2D eigenvalue weighted by Crippen LogP contribution is -2.57. The van der Waals surface area contributed by atoms with Crippen LogP contribution in [0, 0.1) is 46.3 Å². The fraction of sp³-hybridized carbons (Fsp3) is 0.871. The van der Waals surface area contributed by atoms with Crippen molar-refractivity contribution in [2.24, 2.45) is 46.3 Å². The highest BCUT2D eigenvalue weighted by Crippen LogP contribution is 2.67. The highest BCUT2D eigenvalue weighted by molar-refractivity contribution is 5.67. The van der Waals surface area contributed by atoms with Crippen LogP contribution in [0.2, 0.25) is 0 Å². The van der Waals surface area contributed by atoms with E-state index in [0.29, 0.717) is 31.1 Å². The topological polar surface area (TPSA) is 52.6 Å². The molecule has 0 saturated heterocycles. The number of ether oxygens (including phenoxy) is 2. The molecule has 0 heterocycles. The highest BCUT2D eigenvalue weighted by Gasteiger charge is 2.62. The Bertz CT molecular complexity index is 1010. The van der Waals surface area contributed by atoms with Crippen LogP contribution in [0.1, 0.15) is 98.8 Å². The predicted octanol–water partition coefficient (Wildman–Crippen LogP) is 8.59. The number of allylic oxidation sites excluding steroid dienone is 1. The van der Waals surface area contributed by atoms with E-state index in [1.807, 2.05) is 6.92 Å². The van der Waals surface area contributed by atoms with Gasteiger partial charge in [-0.1, -0.05) is 45.3 Å². The molecule has 0 aromatic rings. The number of carbonyl (C=O) groups excluding carboxylic acids is 2. The van der Waals surface area contributed by atoms with Crippen molar-refractivity contribution in [3.63, 3.8) is 0 Å². The van der Waals surface area contributed by atoms with Crippen molar-refractivity contribution < 1.29 is 45.4 Å². The highest BCUT2D eigenvalue weighted by atomic mass is 19.4. The van der Waals surface area contributed by atoms with Crippen LogP contribution in [0.5, 0.6) is 0 Å². The zero-order valence-electron chi connectivity index (χ0n) is 24.7. The first kappa shape index (κ1) is 32.2. The van der Waals surface area contributed by atoms with Gasteiger partial charge in [0.15, 0.2) is 5.92 Å². The van der Waals surface area contributed by atoms with Crippen LogP contribution in [-0.2, 0) is 19.1 Å². The van der Waals surface area contributed by atoms with Gasteiger partial charge >= 0.3 is 24.3 Å². The summed E-state index contributed by atoms with van der Waals surface area (Å²) in [6, 6.07) is 0. The quantitative estimate of drug-likeness (QED) is 0.168. The van der Waals surface area contributed by atoms with E-state index in [1.165, 1.54) is 19.4 Å². The first-order valence-electron chi connectivity index (χ1n) is 15.1. The van der Waals surface area contributed by atoms with E-state index in [-0.39, 0.29) is 53.0 Å². The second kappa shape index (κ2) is 11.4. The zero-order valence-corrected chi connectivity index (χ0v) is 24.7. The molecule has 0 amide bonds. The van der Waals surface area contributed by atoms with Gasteiger partial charge in [0.25, 0.3) is 0 Å². The normalized spacial score (nSPS) is 37.9. The van der Waals surface area contributed by atoms with E-state index in [4.69, 9.17) is 9.47 Å². The molecule has 0 aromatic carbocycles. The Kier molecular flexibility index (Phi) is 8.95. The maximum atomic E-state index is 13.0. The first-order valence-corrected chi connectivity index (χ1v) is 15.1. The van der Waals surface area contributed by atoms with Gasteiger partial charge in [-0.15, -0.1) is 0 Å². The van der Waals surface area contributed by atoms with E-state index in [0.717, 1.165) is 32.1 Å². The standard InChI is InChI=1S/C31H44F6O4/c1-17(7-6-8-26(30(32,33)34)31(35,36)37)23-11-12-24-22-10-9-20-15-21(40-18(2)38)16-27(41-19(3)39)29(20,5)25(22)13-14-28(23,24)4/h9,17,21-27H,6-8,10-16H2,1-5H3/t17-,21-,22+,23-,24+,25+,27+,28-,29+/m1/s1. The summed E-state index contributed by atoms with van der Waals surface area (Å²) in [6.45, 7) is 9.23. The maximum absolute atomic E-state index is 13.0. The molecule has 0 N–H and O–H groups in total. The molecular formula is C31H44F6O4. The third kappa shape index (κ3) is 6.17. The van der Waals surface area contributed by atoms with E-state index < -0.39 is 30.8 Å². The number of rotatable bonds is 7. The van der Waals surface area contributed by atoms with Crippen LogP contribution >= 0.6 is 0 Å². The summed E-state index contributed by atoms with van der Waals surface area (Å²) in [4.78, 5) is 23.8. The van der Waals surface area contributed by atoms with Gasteiger partial charge in [0.2, 0.25) is 0 Å². The SMILES string of the molecule is CC(=O)O[C@@H]1CC2=CC[C@H]3[C@@H]4CC[C@H]([C@H](C)CCCC(C(F)(F)F)C(F)(F)F)[C@@]4(C)CC[C@@H]3[C@@]2(C)[C@@H](OC(C)=O)C1. The molecule has 0 bridgehead atoms. The molecule has 41 heavy (non-hydrogen) atoms. The fourth-order valence-electron chi connectivity index (χ4n) is 9.69. The van der Waals surface area contributed by atoms with Gasteiger partial charge in [0, 0.05) is 32.1 Å². The average molecular weight is 595 g/mol. The Hall–Kier alpha value is -1.74. The van der Waals surface area contributed by atoms with Crippen LogP contribution in [0.25, 0.3) is 0 Å². The number of hydrogen-bond donors (Lipinski definition) is 0. The summed E-state index contributed by atoms with van der Waals surface area (Å²) in [5.41, 5.74) is 0.764. The molecule has 10 heteroatoms. The molecule has 0 radical (unpaired) electrons. The number of fused-ring (bicyclic) bond motifs is 5. The van der Waals surface area contributed by atoms with Gasteiger partial charge in [-0.2, -0.15) is 26.3 Å². The summed E-state index contributed by atoms with van der Waals surface area (Å²) in [5.74, 6) is -2.72. The largest absolute Gasteiger partial charge is 0.462 e. The molecule has 4 rings (SSSR count). The van der Waals surface area contributed by atoms with Gasteiger partial charge in [-0.05, 0) is 73.5 Å². The van der Waals surface area contributed by atoms with Crippen molar-refractivity contribution in [3.8, 4) is 0 Å². The minimum atomic E-state index is -5.28. The lowest BCUT2D eigenvalue weighted by Gasteiger charge is -2.60. The summed E-state index contributed by atoms with van der Waals surface area (Å²) in [5, 5.41) is 0. The Balaban J connectivity index is 1.49.